The van der Waals surface area contributed by atoms with Crippen molar-refractivity contribution in [3.8, 4) is 11.5 Å². The van der Waals surface area contributed by atoms with Gasteiger partial charge in [0, 0.05) is 23.4 Å². The maximum atomic E-state index is 14.0. The van der Waals surface area contributed by atoms with Crippen LogP contribution in [0.4, 0.5) is 15.1 Å². The van der Waals surface area contributed by atoms with Crippen LogP contribution in [0, 0.1) is 5.95 Å². The van der Waals surface area contributed by atoms with Crippen LogP contribution < -0.4 is 5.32 Å². The molecule has 2 aromatic heterocycles. The predicted molar refractivity (Wildman–Crippen MR) is 94.3 cm³/mol. The molecule has 2 unspecified atom stereocenters. The van der Waals surface area contributed by atoms with Crippen molar-refractivity contribution in [3.05, 3.63) is 59.7 Å². The van der Waals surface area contributed by atoms with Crippen molar-refractivity contribution in [1.82, 2.24) is 20.0 Å². The Bertz CT molecular complexity index is 1010. The van der Waals surface area contributed by atoms with Gasteiger partial charge in [0.15, 0.2) is 0 Å². The molecule has 4 heterocycles. The Labute approximate surface area is 154 Å². The van der Waals surface area contributed by atoms with Crippen LogP contribution in [0.25, 0.3) is 11.5 Å². The molecule has 0 spiro atoms. The molecule has 0 saturated carbocycles. The molecule has 5 rings (SSSR count). The highest BCUT2D eigenvalue weighted by Gasteiger charge is 2.44. The number of amides is 2. The van der Waals surface area contributed by atoms with Gasteiger partial charge < -0.3 is 9.42 Å². The fourth-order valence-electron chi connectivity index (χ4n) is 4.06. The molecule has 2 amide bonds. The van der Waals surface area contributed by atoms with Crippen molar-refractivity contribution >= 4 is 12.0 Å². The summed E-state index contributed by atoms with van der Waals surface area (Å²) in [6, 6.07) is 10.6. The van der Waals surface area contributed by atoms with Gasteiger partial charge in [0.1, 0.15) is 0 Å². The lowest BCUT2D eigenvalue weighted by molar-refractivity contribution is 0.178. The number of carbonyl (C=O) groups excluding carboxylic acids is 1. The number of halogens is 1. The summed E-state index contributed by atoms with van der Waals surface area (Å²) in [5.41, 5.74) is 2.24. The Hall–Kier alpha value is -3.29. The molecular weight excluding hydrogens is 349 g/mol. The SMILES string of the molecule is O=C(Nc1noc(-c2ccccc2)n1)N1C2CCC1c1ccnc(F)c1C2. The van der Waals surface area contributed by atoms with E-state index in [1.165, 1.54) is 6.20 Å². The number of carbonyl (C=O) groups is 1. The van der Waals surface area contributed by atoms with Crippen molar-refractivity contribution < 1.29 is 13.7 Å². The molecule has 1 N–H and O–H groups in total. The Balaban J connectivity index is 1.37. The first-order valence-corrected chi connectivity index (χ1v) is 8.82. The Morgan fingerprint density at radius 2 is 2.07 bits per heavy atom. The van der Waals surface area contributed by atoms with Crippen LogP contribution in [0.15, 0.2) is 47.1 Å². The zero-order valence-corrected chi connectivity index (χ0v) is 14.3. The summed E-state index contributed by atoms with van der Waals surface area (Å²) in [4.78, 5) is 22.6. The van der Waals surface area contributed by atoms with Gasteiger partial charge in [0.05, 0.1) is 6.04 Å². The van der Waals surface area contributed by atoms with Crippen molar-refractivity contribution in [2.45, 2.75) is 31.3 Å². The number of benzene rings is 1. The van der Waals surface area contributed by atoms with Gasteiger partial charge in [-0.05, 0) is 48.2 Å². The molecule has 0 aliphatic carbocycles. The first kappa shape index (κ1) is 15.9. The number of nitrogens with one attached hydrogen (secondary N) is 1. The molecule has 1 saturated heterocycles. The van der Waals surface area contributed by atoms with E-state index in [9.17, 15) is 9.18 Å². The summed E-state index contributed by atoms with van der Waals surface area (Å²) >= 11 is 0. The van der Waals surface area contributed by atoms with Gasteiger partial charge in [-0.1, -0.05) is 18.2 Å². The highest BCUT2D eigenvalue weighted by atomic mass is 19.1. The number of nitrogens with zero attached hydrogens (tertiary/aromatic N) is 4. The number of hydrogen-bond donors (Lipinski definition) is 1. The predicted octanol–water partition coefficient (Wildman–Crippen LogP) is 3.56. The summed E-state index contributed by atoms with van der Waals surface area (Å²) in [6.07, 6.45) is 3.55. The quantitative estimate of drug-likeness (QED) is 0.702. The molecule has 3 aromatic rings. The summed E-state index contributed by atoms with van der Waals surface area (Å²) in [5.74, 6) is 0.0195. The lowest BCUT2D eigenvalue weighted by atomic mass is 9.95. The van der Waals surface area contributed by atoms with Gasteiger partial charge >= 0.3 is 6.03 Å². The molecule has 27 heavy (non-hydrogen) atoms. The molecule has 2 aliphatic rings. The highest BCUT2D eigenvalue weighted by molar-refractivity contribution is 5.88. The van der Waals surface area contributed by atoms with E-state index in [1.54, 1.807) is 11.0 Å². The van der Waals surface area contributed by atoms with Crippen LogP contribution in [0.3, 0.4) is 0 Å². The summed E-state index contributed by atoms with van der Waals surface area (Å²) < 4.78 is 19.3. The Morgan fingerprint density at radius 3 is 2.93 bits per heavy atom. The zero-order valence-electron chi connectivity index (χ0n) is 14.3. The van der Waals surface area contributed by atoms with Crippen LogP contribution in [0.2, 0.25) is 0 Å². The minimum Gasteiger partial charge on any atom is -0.332 e. The molecule has 0 radical (unpaired) electrons. The van der Waals surface area contributed by atoms with Crippen molar-refractivity contribution in [1.29, 1.82) is 0 Å². The van der Waals surface area contributed by atoms with Gasteiger partial charge in [0.2, 0.25) is 5.95 Å². The molecular formula is C19H16FN5O2. The fraction of sp³-hybridized carbons (Fsp3) is 0.263. The monoisotopic (exact) mass is 365 g/mol. The Morgan fingerprint density at radius 1 is 1.22 bits per heavy atom. The molecule has 1 fully saturated rings. The fourth-order valence-corrected chi connectivity index (χ4v) is 4.06. The summed E-state index contributed by atoms with van der Waals surface area (Å²) in [5, 5.41) is 6.55. The topological polar surface area (TPSA) is 84.2 Å². The van der Waals surface area contributed by atoms with Gasteiger partial charge in [-0.3, -0.25) is 5.32 Å². The average molecular weight is 365 g/mol. The van der Waals surface area contributed by atoms with E-state index in [0.717, 1.165) is 24.0 Å². The molecule has 136 valence electrons. The van der Waals surface area contributed by atoms with Gasteiger partial charge in [-0.25, -0.2) is 9.78 Å². The molecule has 2 atom stereocenters. The number of rotatable bonds is 2. The van der Waals surface area contributed by atoms with E-state index >= 15 is 0 Å². The van der Waals surface area contributed by atoms with Crippen LogP contribution in [0.5, 0.6) is 0 Å². The number of anilines is 1. The van der Waals surface area contributed by atoms with Crippen LogP contribution in [0.1, 0.15) is 30.0 Å². The minimum absolute atomic E-state index is 0.0540. The third-order valence-electron chi connectivity index (χ3n) is 5.24. The summed E-state index contributed by atoms with van der Waals surface area (Å²) in [6.45, 7) is 0. The van der Waals surface area contributed by atoms with E-state index in [2.05, 4.69) is 20.4 Å². The lowest BCUT2D eigenvalue weighted by Gasteiger charge is -2.35. The maximum absolute atomic E-state index is 14.0. The van der Waals surface area contributed by atoms with E-state index in [0.29, 0.717) is 17.9 Å². The smallest absolute Gasteiger partial charge is 0.325 e. The second-order valence-corrected chi connectivity index (χ2v) is 6.75. The van der Waals surface area contributed by atoms with Crippen molar-refractivity contribution in [2.75, 3.05) is 5.32 Å². The van der Waals surface area contributed by atoms with Gasteiger partial charge in [-0.15, -0.1) is 0 Å². The largest absolute Gasteiger partial charge is 0.332 e. The van der Waals surface area contributed by atoms with Crippen LogP contribution in [-0.2, 0) is 6.42 Å². The number of urea groups is 1. The van der Waals surface area contributed by atoms with Gasteiger partial charge in [-0.2, -0.15) is 9.37 Å². The van der Waals surface area contributed by atoms with E-state index in [4.69, 9.17) is 4.52 Å². The van der Waals surface area contributed by atoms with Crippen molar-refractivity contribution in [2.24, 2.45) is 0 Å². The summed E-state index contributed by atoms with van der Waals surface area (Å²) in [7, 11) is 0. The zero-order chi connectivity index (χ0) is 18.4. The van der Waals surface area contributed by atoms with E-state index < -0.39 is 5.95 Å². The molecule has 2 bridgehead atoms. The van der Waals surface area contributed by atoms with E-state index in [1.807, 2.05) is 30.3 Å². The maximum Gasteiger partial charge on any atom is 0.325 e. The molecule has 8 heteroatoms. The average Bonchev–Trinajstić information content (AvgIpc) is 3.27. The Kier molecular flexibility index (Phi) is 3.63. The highest BCUT2D eigenvalue weighted by Crippen LogP contribution is 2.44. The number of aromatic nitrogens is 3. The van der Waals surface area contributed by atoms with Gasteiger partial charge in [0.25, 0.3) is 11.8 Å². The third-order valence-corrected chi connectivity index (χ3v) is 5.24. The molecule has 2 aliphatic heterocycles. The lowest BCUT2D eigenvalue weighted by Crippen LogP contribution is -2.44. The third kappa shape index (κ3) is 2.64. The van der Waals surface area contributed by atoms with Crippen LogP contribution >= 0.6 is 0 Å². The molecule has 7 nitrogen and oxygen atoms in total. The molecule has 1 aromatic carbocycles. The first-order valence-electron chi connectivity index (χ1n) is 8.82. The van der Waals surface area contributed by atoms with E-state index in [-0.39, 0.29) is 24.1 Å². The normalized spacial score (nSPS) is 20.4. The van der Waals surface area contributed by atoms with Crippen molar-refractivity contribution in [3.63, 3.8) is 0 Å². The standard InChI is InChI=1S/C19H16FN5O2/c20-16-14-10-12-6-7-15(13(14)8-9-21-16)25(12)19(26)23-18-22-17(27-24-18)11-4-2-1-3-5-11/h1-5,8-9,12,15H,6-7,10H2,(H,23,24,26). The number of fused-ring (bicyclic) bond motifs is 4. The second kappa shape index (κ2) is 6.15. The first-order chi connectivity index (χ1) is 13.2. The second-order valence-electron chi connectivity index (χ2n) is 6.75. The number of pyridine rings is 1. The number of hydrogen-bond acceptors (Lipinski definition) is 5. The minimum atomic E-state index is -0.435. The van der Waals surface area contributed by atoms with Crippen LogP contribution in [-0.4, -0.2) is 32.1 Å².